The molecule has 14 amide bonds. The second kappa shape index (κ2) is 48.9. The van der Waals surface area contributed by atoms with Gasteiger partial charge in [0.1, 0.15) is 84.5 Å². The number of H-pyrrole nitrogens is 1. The Labute approximate surface area is 752 Å². The highest BCUT2D eigenvalue weighted by Gasteiger charge is 2.42. The lowest BCUT2D eigenvalue weighted by Gasteiger charge is -2.37. The number of aromatic nitrogens is 1. The van der Waals surface area contributed by atoms with Crippen LogP contribution in [0.4, 0.5) is 0 Å². The van der Waals surface area contributed by atoms with Crippen LogP contribution in [0, 0.1) is 11.8 Å². The Morgan fingerprint density at radius 1 is 0.434 bits per heavy atom. The Bertz CT molecular complexity index is 5070. The number of nitrogens with zero attached hydrogens (tertiary/aromatic N) is 5. The summed E-state index contributed by atoms with van der Waals surface area (Å²) < 4.78 is 0. The number of fused-ring (bicyclic) bond motifs is 1. The lowest BCUT2D eigenvalue weighted by Crippen LogP contribution is -2.61. The number of hydrogen-bond acceptors (Lipinski definition) is 19. The molecule has 1 fully saturated rings. The van der Waals surface area contributed by atoms with Gasteiger partial charge in [0, 0.05) is 96.6 Å². The zero-order valence-corrected chi connectivity index (χ0v) is 74.8. The molecule has 690 valence electrons. The molecule has 6 aromatic carbocycles. The summed E-state index contributed by atoms with van der Waals surface area (Å²) in [5, 5.41) is 65.1. The minimum atomic E-state index is -1.91. The van der Waals surface area contributed by atoms with Crippen molar-refractivity contribution in [3.63, 3.8) is 0 Å². The largest absolute Gasteiger partial charge is 0.508 e. The zero-order valence-electron chi connectivity index (χ0n) is 74.0. The molecular weight excluding hydrogens is 1680 g/mol. The van der Waals surface area contributed by atoms with Crippen LogP contribution in [0.1, 0.15) is 100 Å². The molecule has 1 saturated heterocycles. The molecule has 14 N–H and O–H groups in total. The standard InChI is InChI=1S/C93H117N15O20S/c1-11-12-32-74-91(126)105(7)52-78(112)97-70(48-80(114)115)87(122)103-82(56(4)5)93(128)107(9)75(45-58-26-18-14-19-27-58)88(123)101-71(44-61-35-39-64(110)40-36-61)89(124)104(6)51-77(111)96-69(47-62-49-94-66-31-23-22-30-65(62)66)86(121)100-68(42-60-33-37-63(109)38-34-60)85(120)99-67(41-55(2)3)84(119)102-73(83(118)95-50-81(116)117)53-129-54-79(113)98-72(43-57-24-16-13-17-25-57)90(125)108(10)76(92(127)106(74)8)46-59-28-20-15-21-29-59/h13-31,33-40,49,55-56,67-76,82,94,109-110H,11-12,32,41-48,50-54H2,1-10H3,(H,95,118)(H,96,111)(H,97,112)(H,98,113)(H,99,120)(H,100,121)(H,101,123)(H,102,119)(H,103,122)(H,114,115)(H,116,117)/t67-,68-,69-,70-,71-,72-,73-,74-,75-,76-,82?/m0/s1. The van der Waals surface area contributed by atoms with Gasteiger partial charge in [-0.25, -0.2) is 0 Å². The minimum Gasteiger partial charge on any atom is -0.508 e. The summed E-state index contributed by atoms with van der Waals surface area (Å²) in [6, 6.07) is 27.0. The van der Waals surface area contributed by atoms with Gasteiger partial charge in [0.25, 0.3) is 0 Å². The topological polar surface area (TPSA) is 494 Å². The number of phenols is 2. The molecule has 0 aliphatic carbocycles. The van der Waals surface area contributed by atoms with Crippen molar-refractivity contribution in [1.82, 2.24) is 77.3 Å². The number of carbonyl (C=O) groups excluding carboxylic acids is 14. The van der Waals surface area contributed by atoms with Crippen molar-refractivity contribution in [3.05, 3.63) is 203 Å². The number of aromatic hydroxyl groups is 2. The lowest BCUT2D eigenvalue weighted by atomic mass is 9.98. The molecular formula is C93H117N15O20S. The molecule has 0 radical (unpaired) electrons. The van der Waals surface area contributed by atoms with Crippen LogP contribution in [-0.4, -0.2) is 277 Å². The summed E-state index contributed by atoms with van der Waals surface area (Å²) in [6.07, 6.45) is 0.00134. The number of carbonyl (C=O) groups is 16. The number of carboxylic acid groups (broad SMARTS) is 2. The van der Waals surface area contributed by atoms with E-state index in [4.69, 9.17) is 0 Å². The van der Waals surface area contributed by atoms with Crippen molar-refractivity contribution < 1.29 is 97.1 Å². The number of thioether (sulfide) groups is 1. The number of para-hydroxylation sites is 1. The summed E-state index contributed by atoms with van der Waals surface area (Å²) in [7, 11) is 6.51. The number of aromatic amines is 1. The third kappa shape index (κ3) is 30.5. The van der Waals surface area contributed by atoms with Gasteiger partial charge in [-0.1, -0.05) is 181 Å². The average molecular weight is 1800 g/mol. The number of likely N-dealkylation sites (N-methyl/N-ethyl adjacent to an activating group) is 5. The maximum atomic E-state index is 15.5. The Hall–Kier alpha value is -13.7. The molecule has 0 bridgehead atoms. The Kier molecular flexibility index (Phi) is 38.2. The Morgan fingerprint density at radius 2 is 0.876 bits per heavy atom. The SMILES string of the molecule is CCCC[C@H]1C(=O)N(C)CC(=O)N[C@@H](CC(=O)O)C(=O)NC(C(C)C)C(=O)N(C)[C@@H](Cc2ccccc2)C(=O)N[C@@H](Cc2ccc(O)cc2)C(=O)N(C)CC(=O)N[C@@H](Cc2c[nH]c3ccccc23)C(=O)N[C@@H](Cc2ccc(O)cc2)C(=O)N[C@@H](CC(C)C)C(=O)N[C@H](C(=O)NCC(=O)O)CSCC(=O)N[C@@H](Cc2ccccc2)C(=O)N(C)[C@@H](Cc2ccccc2)C(=O)N1C. The van der Waals surface area contributed by atoms with Crippen LogP contribution in [-0.2, 0) is 115 Å². The van der Waals surface area contributed by atoms with E-state index >= 15 is 33.6 Å². The van der Waals surface area contributed by atoms with Crippen molar-refractivity contribution >= 4 is 117 Å². The van der Waals surface area contributed by atoms with Crippen molar-refractivity contribution in [2.24, 2.45) is 11.8 Å². The maximum Gasteiger partial charge on any atom is 0.322 e. The van der Waals surface area contributed by atoms with Crippen LogP contribution in [0.15, 0.2) is 170 Å². The highest BCUT2D eigenvalue weighted by molar-refractivity contribution is 8.00. The van der Waals surface area contributed by atoms with Crippen LogP contribution in [0.25, 0.3) is 10.9 Å². The van der Waals surface area contributed by atoms with Crippen LogP contribution in [0.5, 0.6) is 11.5 Å². The van der Waals surface area contributed by atoms with Gasteiger partial charge in [-0.3, -0.25) is 76.7 Å². The molecule has 8 rings (SSSR count). The summed E-state index contributed by atoms with van der Waals surface area (Å²) >= 11 is 0.798. The van der Waals surface area contributed by atoms with E-state index in [2.05, 4.69) is 52.8 Å². The highest BCUT2D eigenvalue weighted by Crippen LogP contribution is 2.25. The van der Waals surface area contributed by atoms with Crippen molar-refractivity contribution in [3.8, 4) is 11.5 Å². The number of nitrogens with one attached hydrogen (secondary N) is 10. The Balaban J connectivity index is 1.21. The minimum absolute atomic E-state index is 0.0244. The third-order valence-electron chi connectivity index (χ3n) is 22.0. The van der Waals surface area contributed by atoms with E-state index in [1.54, 1.807) is 149 Å². The molecule has 35 nitrogen and oxygen atoms in total. The molecule has 1 unspecified atom stereocenters. The van der Waals surface area contributed by atoms with Crippen LogP contribution >= 0.6 is 11.8 Å². The smallest absolute Gasteiger partial charge is 0.322 e. The highest BCUT2D eigenvalue weighted by atomic mass is 32.2. The van der Waals surface area contributed by atoms with Gasteiger partial charge in [0.05, 0.1) is 25.3 Å². The van der Waals surface area contributed by atoms with Gasteiger partial charge in [-0.15, -0.1) is 11.8 Å². The summed E-state index contributed by atoms with van der Waals surface area (Å²) in [5.74, 6) is -18.2. The molecule has 1 aromatic heterocycles. The molecule has 11 atom stereocenters. The van der Waals surface area contributed by atoms with Crippen LogP contribution in [0.3, 0.4) is 0 Å². The number of phenolic OH excluding ortho intramolecular Hbond substituents is 2. The molecule has 129 heavy (non-hydrogen) atoms. The number of unbranched alkanes of at least 4 members (excludes halogenated alkanes) is 1. The van der Waals surface area contributed by atoms with Gasteiger partial charge in [0.15, 0.2) is 0 Å². The fraction of sp³-hybridized carbons (Fsp3) is 0.419. The monoisotopic (exact) mass is 1800 g/mol. The molecule has 36 heteroatoms. The Morgan fingerprint density at radius 3 is 1.41 bits per heavy atom. The van der Waals surface area contributed by atoms with E-state index < -0.39 is 205 Å². The molecule has 2 heterocycles. The van der Waals surface area contributed by atoms with Crippen LogP contribution in [0.2, 0.25) is 0 Å². The van der Waals surface area contributed by atoms with E-state index in [-0.39, 0.29) is 68.8 Å². The molecule has 1 aliphatic heterocycles. The summed E-state index contributed by atoms with van der Waals surface area (Å²) in [4.78, 5) is 243. The number of benzene rings is 6. The van der Waals surface area contributed by atoms with Crippen molar-refractivity contribution in [2.45, 2.75) is 172 Å². The summed E-state index contributed by atoms with van der Waals surface area (Å²) in [5.41, 5.74) is 3.60. The van der Waals surface area contributed by atoms with Crippen LogP contribution < -0.4 is 47.9 Å². The number of hydrogen-bond donors (Lipinski definition) is 14. The van der Waals surface area contributed by atoms with E-state index in [0.717, 1.165) is 36.3 Å². The van der Waals surface area contributed by atoms with Gasteiger partial charge in [-0.05, 0) is 88.4 Å². The van der Waals surface area contributed by atoms with Gasteiger partial charge < -0.3 is 97.8 Å². The maximum absolute atomic E-state index is 15.5. The predicted molar refractivity (Wildman–Crippen MR) is 480 cm³/mol. The van der Waals surface area contributed by atoms with Gasteiger partial charge in [-0.2, -0.15) is 0 Å². The van der Waals surface area contributed by atoms with Gasteiger partial charge >= 0.3 is 11.9 Å². The first-order chi connectivity index (χ1) is 61.4. The van der Waals surface area contributed by atoms with E-state index in [0.29, 0.717) is 57.1 Å². The molecule has 0 saturated carbocycles. The first-order valence-corrected chi connectivity index (χ1v) is 43.8. The number of aliphatic carboxylic acids is 2. The van der Waals surface area contributed by atoms with Gasteiger partial charge in [0.2, 0.25) is 82.7 Å². The fourth-order valence-electron chi connectivity index (χ4n) is 14.9. The molecule has 7 aromatic rings. The molecule has 1 aliphatic rings. The van der Waals surface area contributed by atoms with E-state index in [9.17, 15) is 63.6 Å². The second-order valence-corrected chi connectivity index (χ2v) is 34.0. The third-order valence-corrected chi connectivity index (χ3v) is 23.1. The predicted octanol–water partition coefficient (Wildman–Crippen LogP) is 2.93. The lowest BCUT2D eigenvalue weighted by molar-refractivity contribution is -0.151. The number of rotatable bonds is 23. The quantitative estimate of drug-likeness (QED) is 0.0438. The van der Waals surface area contributed by atoms with E-state index in [1.807, 2.05) is 6.92 Å². The van der Waals surface area contributed by atoms with Crippen molar-refractivity contribution in [2.75, 3.05) is 66.4 Å². The van der Waals surface area contributed by atoms with E-state index in [1.165, 1.54) is 83.8 Å². The number of amides is 14. The zero-order chi connectivity index (χ0) is 94.3. The normalized spacial score (nSPS) is 21.9. The van der Waals surface area contributed by atoms with Crippen molar-refractivity contribution in [1.29, 1.82) is 0 Å². The number of carboxylic acids is 2. The first-order valence-electron chi connectivity index (χ1n) is 42.6. The second-order valence-electron chi connectivity index (χ2n) is 33.0. The summed E-state index contributed by atoms with van der Waals surface area (Å²) in [6.45, 7) is 5.90. The molecule has 0 spiro atoms. The fourth-order valence-corrected chi connectivity index (χ4v) is 15.8. The average Bonchev–Trinajstić information content (AvgIpc) is 1.50. The first kappa shape index (κ1) is 101.